The van der Waals surface area contributed by atoms with Crippen LogP contribution in [0.4, 0.5) is 0 Å². The number of piperidine rings is 1. The van der Waals surface area contributed by atoms with Crippen LogP contribution in [-0.4, -0.2) is 35.5 Å². The Bertz CT molecular complexity index is 628. The van der Waals surface area contributed by atoms with E-state index in [1.165, 1.54) is 0 Å². The lowest BCUT2D eigenvalue weighted by Gasteiger charge is -2.32. The fourth-order valence-electron chi connectivity index (χ4n) is 2.60. The standard InChI is InChI=1S/C17H25N3O3/c1-11-10-14(12(2)23-11)15(21)19-18-13-6-8-20(9-7-13)16(22)17(3,4)5/h10H,6-9H2,1-5H3,(H,19,21). The minimum absolute atomic E-state index is 0.157. The minimum Gasteiger partial charge on any atom is -0.466 e. The van der Waals surface area contributed by atoms with Crippen LogP contribution in [0.25, 0.3) is 0 Å². The predicted molar refractivity (Wildman–Crippen MR) is 88.4 cm³/mol. The third-order valence-corrected chi connectivity index (χ3v) is 3.87. The van der Waals surface area contributed by atoms with Gasteiger partial charge in [0.1, 0.15) is 11.5 Å². The van der Waals surface area contributed by atoms with E-state index in [0.29, 0.717) is 43.0 Å². The van der Waals surface area contributed by atoms with Gasteiger partial charge in [0.15, 0.2) is 0 Å². The van der Waals surface area contributed by atoms with Crippen molar-refractivity contribution in [2.24, 2.45) is 10.5 Å². The summed E-state index contributed by atoms with van der Waals surface area (Å²) < 4.78 is 5.35. The van der Waals surface area contributed by atoms with Gasteiger partial charge in [-0.3, -0.25) is 9.59 Å². The monoisotopic (exact) mass is 319 g/mol. The third kappa shape index (κ3) is 4.21. The molecule has 1 aliphatic heterocycles. The van der Waals surface area contributed by atoms with Crippen molar-refractivity contribution >= 4 is 17.5 Å². The van der Waals surface area contributed by atoms with Gasteiger partial charge in [0, 0.05) is 37.1 Å². The van der Waals surface area contributed by atoms with Crippen molar-refractivity contribution in [3.05, 3.63) is 23.2 Å². The Morgan fingerprint density at radius 1 is 1.22 bits per heavy atom. The molecule has 1 aliphatic rings. The second-order valence-corrected chi connectivity index (χ2v) is 6.99. The van der Waals surface area contributed by atoms with Gasteiger partial charge in [0.05, 0.1) is 5.56 Å². The van der Waals surface area contributed by atoms with Crippen molar-refractivity contribution in [3.8, 4) is 0 Å². The molecule has 0 bridgehead atoms. The number of carbonyl (C=O) groups excluding carboxylic acids is 2. The van der Waals surface area contributed by atoms with Crippen molar-refractivity contribution < 1.29 is 14.0 Å². The average molecular weight is 319 g/mol. The van der Waals surface area contributed by atoms with E-state index < -0.39 is 0 Å². The summed E-state index contributed by atoms with van der Waals surface area (Å²) in [5.74, 6) is 1.19. The first-order valence-corrected chi connectivity index (χ1v) is 7.90. The number of aryl methyl sites for hydroxylation is 2. The normalized spacial score (nSPS) is 15.5. The molecule has 6 heteroatoms. The first-order chi connectivity index (χ1) is 10.7. The van der Waals surface area contributed by atoms with Crippen LogP contribution < -0.4 is 5.43 Å². The van der Waals surface area contributed by atoms with E-state index in [9.17, 15) is 9.59 Å². The van der Waals surface area contributed by atoms with E-state index in [4.69, 9.17) is 4.42 Å². The highest BCUT2D eigenvalue weighted by atomic mass is 16.3. The lowest BCUT2D eigenvalue weighted by molar-refractivity contribution is -0.139. The smallest absolute Gasteiger partial charge is 0.274 e. The van der Waals surface area contributed by atoms with Crippen molar-refractivity contribution in [2.45, 2.75) is 47.5 Å². The second-order valence-electron chi connectivity index (χ2n) is 6.99. The molecule has 0 aliphatic carbocycles. The summed E-state index contributed by atoms with van der Waals surface area (Å²) in [7, 11) is 0. The van der Waals surface area contributed by atoms with Crippen molar-refractivity contribution in [2.75, 3.05) is 13.1 Å². The zero-order chi connectivity index (χ0) is 17.2. The van der Waals surface area contributed by atoms with E-state index in [0.717, 1.165) is 5.71 Å². The number of amides is 2. The fraction of sp³-hybridized carbons (Fsp3) is 0.588. The van der Waals surface area contributed by atoms with Crippen LogP contribution >= 0.6 is 0 Å². The lowest BCUT2D eigenvalue weighted by Crippen LogP contribution is -2.44. The summed E-state index contributed by atoms with van der Waals surface area (Å²) in [6.07, 6.45) is 1.37. The predicted octanol–water partition coefficient (Wildman–Crippen LogP) is 2.65. The molecular weight excluding hydrogens is 294 g/mol. The molecule has 23 heavy (non-hydrogen) atoms. The number of hydrogen-bond donors (Lipinski definition) is 1. The number of hydrazone groups is 1. The molecule has 1 saturated heterocycles. The van der Waals surface area contributed by atoms with Gasteiger partial charge >= 0.3 is 0 Å². The van der Waals surface area contributed by atoms with E-state index in [-0.39, 0.29) is 17.2 Å². The molecule has 2 amide bonds. The number of furan rings is 1. The number of nitrogens with zero attached hydrogens (tertiary/aromatic N) is 2. The van der Waals surface area contributed by atoms with Gasteiger partial charge in [0.25, 0.3) is 5.91 Å². The Morgan fingerprint density at radius 3 is 2.30 bits per heavy atom. The molecule has 126 valence electrons. The van der Waals surface area contributed by atoms with Gasteiger partial charge in [0.2, 0.25) is 5.91 Å². The molecule has 0 unspecified atom stereocenters. The highest BCUT2D eigenvalue weighted by molar-refractivity contribution is 5.96. The summed E-state index contributed by atoms with van der Waals surface area (Å²) in [5, 5.41) is 4.20. The van der Waals surface area contributed by atoms with Crippen molar-refractivity contribution in [3.63, 3.8) is 0 Å². The molecule has 0 saturated carbocycles. The Labute approximate surface area is 136 Å². The second kappa shape index (κ2) is 6.56. The number of likely N-dealkylation sites (tertiary alicyclic amines) is 1. The van der Waals surface area contributed by atoms with Gasteiger partial charge in [-0.1, -0.05) is 20.8 Å². The molecule has 1 aromatic heterocycles. The third-order valence-electron chi connectivity index (χ3n) is 3.87. The molecule has 0 atom stereocenters. The highest BCUT2D eigenvalue weighted by Gasteiger charge is 2.29. The van der Waals surface area contributed by atoms with Crippen LogP contribution in [0.1, 0.15) is 55.5 Å². The first-order valence-electron chi connectivity index (χ1n) is 7.90. The van der Waals surface area contributed by atoms with Gasteiger partial charge in [-0.15, -0.1) is 0 Å². The molecule has 0 spiro atoms. The zero-order valence-electron chi connectivity index (χ0n) is 14.5. The molecule has 0 radical (unpaired) electrons. The maximum absolute atomic E-state index is 12.2. The van der Waals surface area contributed by atoms with E-state index in [1.807, 2.05) is 25.7 Å². The first kappa shape index (κ1) is 17.2. The number of hydrogen-bond acceptors (Lipinski definition) is 4. The molecule has 2 heterocycles. The molecule has 1 fully saturated rings. The van der Waals surface area contributed by atoms with Crippen LogP contribution in [0.15, 0.2) is 15.6 Å². The van der Waals surface area contributed by atoms with Crippen LogP contribution in [0.2, 0.25) is 0 Å². The van der Waals surface area contributed by atoms with Gasteiger partial charge in [-0.05, 0) is 19.9 Å². The van der Waals surface area contributed by atoms with Crippen LogP contribution in [0, 0.1) is 19.3 Å². The van der Waals surface area contributed by atoms with E-state index in [2.05, 4.69) is 10.5 Å². The largest absolute Gasteiger partial charge is 0.466 e. The zero-order valence-corrected chi connectivity index (χ0v) is 14.5. The maximum Gasteiger partial charge on any atom is 0.274 e. The maximum atomic E-state index is 12.2. The molecule has 6 nitrogen and oxygen atoms in total. The van der Waals surface area contributed by atoms with Gasteiger partial charge in [-0.2, -0.15) is 5.10 Å². The van der Waals surface area contributed by atoms with Crippen molar-refractivity contribution in [1.29, 1.82) is 0 Å². The summed E-state index contributed by atoms with van der Waals surface area (Å²) in [6, 6.07) is 1.70. The summed E-state index contributed by atoms with van der Waals surface area (Å²) in [6.45, 7) is 10.6. The van der Waals surface area contributed by atoms with E-state index >= 15 is 0 Å². The van der Waals surface area contributed by atoms with Gasteiger partial charge < -0.3 is 9.32 Å². The molecule has 0 aromatic carbocycles. The molecule has 1 aromatic rings. The molecule has 2 rings (SSSR count). The SMILES string of the molecule is Cc1cc(C(=O)NN=C2CCN(C(=O)C(C)(C)C)CC2)c(C)o1. The highest BCUT2D eigenvalue weighted by Crippen LogP contribution is 2.20. The quantitative estimate of drug-likeness (QED) is 0.852. The Hall–Kier alpha value is -2.11. The number of nitrogens with one attached hydrogen (secondary N) is 1. The van der Waals surface area contributed by atoms with Gasteiger partial charge in [-0.25, -0.2) is 5.43 Å². The Kier molecular flexibility index (Phi) is 4.92. The molecule has 1 N–H and O–H groups in total. The lowest BCUT2D eigenvalue weighted by atomic mass is 9.93. The average Bonchev–Trinajstić information content (AvgIpc) is 2.82. The van der Waals surface area contributed by atoms with Crippen LogP contribution in [-0.2, 0) is 4.79 Å². The summed E-state index contributed by atoms with van der Waals surface area (Å²) >= 11 is 0. The van der Waals surface area contributed by atoms with Crippen LogP contribution in [0.3, 0.4) is 0 Å². The van der Waals surface area contributed by atoms with Crippen molar-refractivity contribution in [1.82, 2.24) is 10.3 Å². The fourth-order valence-corrected chi connectivity index (χ4v) is 2.60. The topological polar surface area (TPSA) is 74.9 Å². The summed E-state index contributed by atoms with van der Waals surface area (Å²) in [5.41, 5.74) is 3.64. The number of rotatable bonds is 2. The van der Waals surface area contributed by atoms with Crippen LogP contribution in [0.5, 0.6) is 0 Å². The van der Waals surface area contributed by atoms with E-state index in [1.54, 1.807) is 19.9 Å². The molecular formula is C17H25N3O3. The minimum atomic E-state index is -0.362. The number of carbonyl (C=O) groups is 2. The Balaban J connectivity index is 1.90. The summed E-state index contributed by atoms with van der Waals surface area (Å²) in [4.78, 5) is 26.2. The Morgan fingerprint density at radius 2 is 1.83 bits per heavy atom.